The van der Waals surface area contributed by atoms with E-state index >= 15 is 0 Å². The number of alkyl halides is 2. The van der Waals surface area contributed by atoms with Gasteiger partial charge in [0.25, 0.3) is 5.92 Å². The van der Waals surface area contributed by atoms with Crippen LogP contribution in [0.4, 0.5) is 14.6 Å². The summed E-state index contributed by atoms with van der Waals surface area (Å²) in [5.41, 5.74) is 1.63. The summed E-state index contributed by atoms with van der Waals surface area (Å²) >= 11 is 0. The fraction of sp³-hybridized carbons (Fsp3) is 0.500. The summed E-state index contributed by atoms with van der Waals surface area (Å²) in [5.74, 6) is -1.84. The first kappa shape index (κ1) is 11.4. The monoisotopic (exact) mass is 252 g/mol. The minimum absolute atomic E-state index is 0.116. The van der Waals surface area contributed by atoms with E-state index in [1.54, 1.807) is 6.20 Å². The van der Waals surface area contributed by atoms with E-state index in [0.717, 1.165) is 11.3 Å². The van der Waals surface area contributed by atoms with Crippen LogP contribution in [0.5, 0.6) is 0 Å². The lowest BCUT2D eigenvalue weighted by Crippen LogP contribution is -2.40. The van der Waals surface area contributed by atoms with Crippen molar-refractivity contribution in [3.8, 4) is 0 Å². The lowest BCUT2D eigenvalue weighted by Gasteiger charge is -2.32. The van der Waals surface area contributed by atoms with Crippen molar-refractivity contribution < 1.29 is 8.78 Å². The molecule has 3 heterocycles. The zero-order chi connectivity index (χ0) is 12.8. The third kappa shape index (κ3) is 1.91. The normalized spacial score (nSPS) is 19.4. The van der Waals surface area contributed by atoms with Crippen LogP contribution in [0.25, 0.3) is 5.65 Å². The smallest absolute Gasteiger partial charge is 0.251 e. The summed E-state index contributed by atoms with van der Waals surface area (Å²) in [6.45, 7) is 2.55. The molecule has 0 unspecified atom stereocenters. The Hall–Kier alpha value is -1.72. The summed E-state index contributed by atoms with van der Waals surface area (Å²) in [6, 6.07) is 0. The van der Waals surface area contributed by atoms with Crippen LogP contribution >= 0.6 is 0 Å². The molecule has 96 valence electrons. The molecule has 0 radical (unpaired) electrons. The van der Waals surface area contributed by atoms with Crippen LogP contribution in [-0.2, 0) is 0 Å². The van der Waals surface area contributed by atoms with Gasteiger partial charge in [-0.3, -0.25) is 0 Å². The van der Waals surface area contributed by atoms with Crippen molar-refractivity contribution in [2.45, 2.75) is 25.7 Å². The predicted molar refractivity (Wildman–Crippen MR) is 64.1 cm³/mol. The molecule has 3 rings (SSSR count). The molecule has 18 heavy (non-hydrogen) atoms. The molecule has 2 aromatic heterocycles. The topological polar surface area (TPSA) is 33.4 Å². The fourth-order valence-corrected chi connectivity index (χ4v) is 2.30. The Morgan fingerprint density at radius 1 is 1.28 bits per heavy atom. The molecule has 0 bridgehead atoms. The van der Waals surface area contributed by atoms with Gasteiger partial charge in [-0.15, -0.1) is 0 Å². The second-order valence-corrected chi connectivity index (χ2v) is 4.71. The number of anilines is 1. The average Bonchev–Trinajstić information content (AvgIpc) is 2.69. The quantitative estimate of drug-likeness (QED) is 0.780. The van der Waals surface area contributed by atoms with Crippen LogP contribution in [0, 0.1) is 6.92 Å². The van der Waals surface area contributed by atoms with Crippen LogP contribution in [-0.4, -0.2) is 33.4 Å². The van der Waals surface area contributed by atoms with Crippen molar-refractivity contribution in [1.29, 1.82) is 0 Å². The molecule has 0 spiro atoms. The fourth-order valence-electron chi connectivity index (χ4n) is 2.30. The number of hydrogen-bond acceptors (Lipinski definition) is 3. The van der Waals surface area contributed by atoms with E-state index in [0.29, 0.717) is 18.9 Å². The number of imidazole rings is 1. The van der Waals surface area contributed by atoms with Gasteiger partial charge in [0.05, 0.1) is 5.69 Å². The molecule has 0 atom stereocenters. The zero-order valence-corrected chi connectivity index (χ0v) is 10.1. The molecule has 0 amide bonds. The van der Waals surface area contributed by atoms with Crippen molar-refractivity contribution in [2.24, 2.45) is 0 Å². The molecular weight excluding hydrogens is 238 g/mol. The van der Waals surface area contributed by atoms with Gasteiger partial charge >= 0.3 is 0 Å². The maximum absolute atomic E-state index is 13.1. The van der Waals surface area contributed by atoms with Gasteiger partial charge in [0.2, 0.25) is 0 Å². The van der Waals surface area contributed by atoms with Gasteiger partial charge < -0.3 is 9.30 Å². The Labute approximate surface area is 103 Å². The highest BCUT2D eigenvalue weighted by atomic mass is 19.3. The van der Waals surface area contributed by atoms with Crippen molar-refractivity contribution in [3.63, 3.8) is 0 Å². The minimum atomic E-state index is -2.53. The van der Waals surface area contributed by atoms with Crippen molar-refractivity contribution >= 4 is 11.5 Å². The Morgan fingerprint density at radius 2 is 2.00 bits per heavy atom. The number of piperidine rings is 1. The summed E-state index contributed by atoms with van der Waals surface area (Å²) in [4.78, 5) is 10.6. The van der Waals surface area contributed by atoms with Gasteiger partial charge in [0.1, 0.15) is 0 Å². The number of aromatic nitrogens is 3. The van der Waals surface area contributed by atoms with Crippen LogP contribution < -0.4 is 4.90 Å². The molecule has 1 fully saturated rings. The average molecular weight is 252 g/mol. The Kier molecular flexibility index (Phi) is 2.46. The molecule has 1 aliphatic heterocycles. The number of rotatable bonds is 1. The summed E-state index contributed by atoms with van der Waals surface area (Å²) in [5, 5.41) is 0. The highest BCUT2D eigenvalue weighted by Gasteiger charge is 2.35. The number of halogens is 2. The molecule has 4 nitrogen and oxygen atoms in total. The van der Waals surface area contributed by atoms with E-state index in [4.69, 9.17) is 0 Å². The lowest BCUT2D eigenvalue weighted by molar-refractivity contribution is -0.0221. The van der Waals surface area contributed by atoms with Crippen molar-refractivity contribution in [1.82, 2.24) is 14.4 Å². The van der Waals surface area contributed by atoms with Gasteiger partial charge in [0, 0.05) is 44.5 Å². The number of hydrogen-bond donors (Lipinski definition) is 0. The molecule has 1 saturated heterocycles. The third-order valence-corrected chi connectivity index (χ3v) is 3.27. The van der Waals surface area contributed by atoms with Gasteiger partial charge in [-0.25, -0.2) is 18.7 Å². The first-order valence-corrected chi connectivity index (χ1v) is 5.98. The summed E-state index contributed by atoms with van der Waals surface area (Å²) < 4.78 is 28.2. The number of nitrogens with zero attached hydrogens (tertiary/aromatic N) is 4. The first-order chi connectivity index (χ1) is 8.55. The number of aryl methyl sites for hydroxylation is 1. The largest absolute Gasteiger partial charge is 0.353 e. The first-order valence-electron chi connectivity index (χ1n) is 5.98. The molecule has 0 aromatic carbocycles. The van der Waals surface area contributed by atoms with E-state index in [2.05, 4.69) is 9.97 Å². The maximum Gasteiger partial charge on any atom is 0.251 e. The van der Waals surface area contributed by atoms with Gasteiger partial charge in [-0.1, -0.05) is 0 Å². The Balaban J connectivity index is 1.95. The molecule has 6 heteroatoms. The van der Waals surface area contributed by atoms with E-state index in [1.165, 1.54) is 0 Å². The summed E-state index contributed by atoms with van der Waals surface area (Å²) in [6.07, 6.45) is 5.16. The van der Waals surface area contributed by atoms with Crippen LogP contribution in [0.15, 0.2) is 18.6 Å². The maximum atomic E-state index is 13.1. The van der Waals surface area contributed by atoms with E-state index in [-0.39, 0.29) is 12.8 Å². The highest BCUT2D eigenvalue weighted by molar-refractivity contribution is 5.64. The second-order valence-electron chi connectivity index (χ2n) is 4.71. The van der Waals surface area contributed by atoms with Crippen molar-refractivity contribution in [3.05, 3.63) is 24.3 Å². The second kappa shape index (κ2) is 3.90. The standard InChI is InChI=1S/C12H14F2N4/c1-9-8-18-7-4-15-10(11(18)16-9)17-5-2-12(13,14)3-6-17/h4,7-8H,2-3,5-6H2,1H3. The molecule has 0 N–H and O–H groups in total. The third-order valence-electron chi connectivity index (χ3n) is 3.27. The lowest BCUT2D eigenvalue weighted by atomic mass is 10.1. The van der Waals surface area contributed by atoms with E-state index in [9.17, 15) is 8.78 Å². The van der Waals surface area contributed by atoms with Crippen LogP contribution in [0.3, 0.4) is 0 Å². The van der Waals surface area contributed by atoms with Gasteiger partial charge in [0.15, 0.2) is 11.5 Å². The van der Waals surface area contributed by atoms with Crippen molar-refractivity contribution in [2.75, 3.05) is 18.0 Å². The van der Waals surface area contributed by atoms with Crippen LogP contribution in [0.2, 0.25) is 0 Å². The predicted octanol–water partition coefficient (Wildman–Crippen LogP) is 2.27. The van der Waals surface area contributed by atoms with E-state index in [1.807, 2.05) is 28.6 Å². The summed E-state index contributed by atoms with van der Waals surface area (Å²) in [7, 11) is 0. The molecule has 1 aliphatic rings. The SMILES string of the molecule is Cc1cn2ccnc(N3CCC(F)(F)CC3)c2n1. The number of fused-ring (bicyclic) bond motifs is 1. The molecule has 0 aliphatic carbocycles. The molecule has 0 saturated carbocycles. The molecule has 2 aromatic rings. The highest BCUT2D eigenvalue weighted by Crippen LogP contribution is 2.30. The Morgan fingerprint density at radius 3 is 2.72 bits per heavy atom. The Bertz CT molecular complexity index is 568. The van der Waals surface area contributed by atoms with Gasteiger partial charge in [-0.05, 0) is 6.92 Å². The minimum Gasteiger partial charge on any atom is -0.353 e. The van der Waals surface area contributed by atoms with E-state index < -0.39 is 5.92 Å². The zero-order valence-electron chi connectivity index (χ0n) is 10.1. The molecular formula is C12H14F2N4. The van der Waals surface area contributed by atoms with Crippen LogP contribution in [0.1, 0.15) is 18.5 Å². The van der Waals surface area contributed by atoms with Gasteiger partial charge in [-0.2, -0.15) is 0 Å².